The Morgan fingerprint density at radius 2 is 1.52 bits per heavy atom. The van der Waals surface area contributed by atoms with Gasteiger partial charge in [0.05, 0.1) is 12.1 Å². The first-order valence-electron chi connectivity index (χ1n) is 9.26. The number of carbonyl (C=O) groups excluding carboxylic acids is 3. The first-order valence-corrected chi connectivity index (χ1v) is 9.26. The molecule has 0 radical (unpaired) electrons. The van der Waals surface area contributed by atoms with Crippen molar-refractivity contribution < 1.29 is 14.4 Å². The van der Waals surface area contributed by atoms with Crippen LogP contribution >= 0.6 is 0 Å². The van der Waals surface area contributed by atoms with Crippen molar-refractivity contribution in [3.8, 4) is 0 Å². The maximum atomic E-state index is 12.7. The molecule has 1 aliphatic heterocycles. The standard InChI is InChI=1S/C22H20N4O3/c1-13(27)23-15-8-10-16(11-9-15)24-20(28)12-19-22(29)26-18-7-3-5-14-4-2-6-17(25-19)21(14)18/h2-11,19,25H,12H2,1H3,(H,23,27)(H,24,28)(H,26,29)/t19-/m1/s1. The highest BCUT2D eigenvalue weighted by molar-refractivity contribution is 6.13. The normalized spacial score (nSPS) is 15.1. The molecule has 3 amide bonds. The lowest BCUT2D eigenvalue weighted by atomic mass is 10.1. The largest absolute Gasteiger partial charge is 0.373 e. The van der Waals surface area contributed by atoms with Crippen LogP contribution in [0.5, 0.6) is 0 Å². The van der Waals surface area contributed by atoms with E-state index in [9.17, 15) is 14.4 Å². The number of benzene rings is 3. The summed E-state index contributed by atoms with van der Waals surface area (Å²) < 4.78 is 0. The Bertz CT molecular complexity index is 1100. The van der Waals surface area contributed by atoms with Gasteiger partial charge in [0.1, 0.15) is 6.04 Å². The maximum Gasteiger partial charge on any atom is 0.247 e. The SMILES string of the molecule is CC(=O)Nc1ccc(NC(=O)C[C@H]2Nc3cccc4cccc(c34)NC2=O)cc1. The van der Waals surface area contributed by atoms with E-state index in [1.807, 2.05) is 36.4 Å². The van der Waals surface area contributed by atoms with Crippen LogP contribution in [0, 0.1) is 0 Å². The molecule has 0 aromatic heterocycles. The van der Waals surface area contributed by atoms with Crippen molar-refractivity contribution in [2.75, 3.05) is 21.3 Å². The van der Waals surface area contributed by atoms with E-state index in [1.54, 1.807) is 24.3 Å². The number of hydrogen-bond donors (Lipinski definition) is 4. The highest BCUT2D eigenvalue weighted by Crippen LogP contribution is 2.33. The van der Waals surface area contributed by atoms with Crippen LogP contribution in [0.2, 0.25) is 0 Å². The Kier molecular flexibility index (Phi) is 4.87. The lowest BCUT2D eigenvalue weighted by molar-refractivity contribution is -0.121. The van der Waals surface area contributed by atoms with E-state index in [0.717, 1.165) is 22.1 Å². The number of nitrogens with one attached hydrogen (secondary N) is 4. The van der Waals surface area contributed by atoms with Crippen LogP contribution in [0.3, 0.4) is 0 Å². The van der Waals surface area contributed by atoms with Crippen LogP contribution in [0.15, 0.2) is 60.7 Å². The van der Waals surface area contributed by atoms with E-state index in [2.05, 4.69) is 21.3 Å². The van der Waals surface area contributed by atoms with Gasteiger partial charge in [0.2, 0.25) is 17.7 Å². The number of carbonyl (C=O) groups is 3. The molecule has 1 heterocycles. The van der Waals surface area contributed by atoms with E-state index in [4.69, 9.17) is 0 Å². The molecular weight excluding hydrogens is 368 g/mol. The third-order valence-corrected chi connectivity index (χ3v) is 4.69. The van der Waals surface area contributed by atoms with Gasteiger partial charge in [-0.15, -0.1) is 0 Å². The van der Waals surface area contributed by atoms with Crippen LogP contribution in [0.1, 0.15) is 13.3 Å². The molecule has 1 atom stereocenters. The average molecular weight is 388 g/mol. The second-order valence-corrected chi connectivity index (χ2v) is 6.91. The van der Waals surface area contributed by atoms with Crippen LogP contribution in [0.4, 0.5) is 22.7 Å². The molecule has 1 aliphatic rings. The number of anilines is 4. The maximum absolute atomic E-state index is 12.7. The average Bonchev–Trinajstić information content (AvgIpc) is 2.81. The molecule has 4 N–H and O–H groups in total. The van der Waals surface area contributed by atoms with Crippen molar-refractivity contribution in [2.24, 2.45) is 0 Å². The van der Waals surface area contributed by atoms with Gasteiger partial charge in [-0.2, -0.15) is 0 Å². The fourth-order valence-electron chi connectivity index (χ4n) is 3.42. The Morgan fingerprint density at radius 3 is 2.17 bits per heavy atom. The smallest absolute Gasteiger partial charge is 0.247 e. The third kappa shape index (κ3) is 4.03. The van der Waals surface area contributed by atoms with Gasteiger partial charge in [-0.05, 0) is 41.8 Å². The molecule has 7 heteroatoms. The monoisotopic (exact) mass is 388 g/mol. The minimum Gasteiger partial charge on any atom is -0.373 e. The predicted octanol–water partition coefficient (Wildman–Crippen LogP) is 3.56. The summed E-state index contributed by atoms with van der Waals surface area (Å²) in [6.07, 6.45) is -0.0241. The molecule has 146 valence electrons. The van der Waals surface area contributed by atoms with Gasteiger partial charge < -0.3 is 21.3 Å². The first kappa shape index (κ1) is 18.5. The lowest BCUT2D eigenvalue weighted by Gasteiger charge is -2.16. The van der Waals surface area contributed by atoms with E-state index < -0.39 is 6.04 Å². The fourth-order valence-corrected chi connectivity index (χ4v) is 3.42. The van der Waals surface area contributed by atoms with Crippen molar-refractivity contribution in [3.05, 3.63) is 60.7 Å². The van der Waals surface area contributed by atoms with Crippen molar-refractivity contribution in [2.45, 2.75) is 19.4 Å². The molecule has 3 aromatic rings. The zero-order valence-corrected chi connectivity index (χ0v) is 15.8. The zero-order chi connectivity index (χ0) is 20.4. The van der Waals surface area contributed by atoms with Crippen LogP contribution in [-0.2, 0) is 14.4 Å². The summed E-state index contributed by atoms with van der Waals surface area (Å²) in [5, 5.41) is 13.5. The van der Waals surface area contributed by atoms with E-state index in [1.165, 1.54) is 6.92 Å². The Hall–Kier alpha value is -3.87. The summed E-state index contributed by atoms with van der Waals surface area (Å²) in [4.78, 5) is 36.3. The van der Waals surface area contributed by atoms with Crippen molar-refractivity contribution in [1.82, 2.24) is 0 Å². The highest BCUT2D eigenvalue weighted by Gasteiger charge is 2.26. The Balaban J connectivity index is 1.47. The van der Waals surface area contributed by atoms with Gasteiger partial charge in [0.15, 0.2) is 0 Å². The molecule has 0 saturated carbocycles. The van der Waals surface area contributed by atoms with Gasteiger partial charge in [-0.25, -0.2) is 0 Å². The molecule has 7 nitrogen and oxygen atoms in total. The second-order valence-electron chi connectivity index (χ2n) is 6.91. The molecule has 0 saturated heterocycles. The number of amides is 3. The van der Waals surface area contributed by atoms with E-state index in [-0.39, 0.29) is 24.1 Å². The Morgan fingerprint density at radius 1 is 0.897 bits per heavy atom. The van der Waals surface area contributed by atoms with Crippen LogP contribution in [0.25, 0.3) is 10.8 Å². The summed E-state index contributed by atoms with van der Waals surface area (Å²) in [5.74, 6) is -0.712. The zero-order valence-electron chi connectivity index (χ0n) is 15.8. The van der Waals surface area contributed by atoms with Gasteiger partial charge in [0.25, 0.3) is 0 Å². The molecular formula is C22H20N4O3. The molecule has 0 aliphatic carbocycles. The molecule has 0 fully saturated rings. The highest BCUT2D eigenvalue weighted by atomic mass is 16.2. The van der Waals surface area contributed by atoms with Gasteiger partial charge in [-0.3, -0.25) is 14.4 Å². The minimum atomic E-state index is -0.702. The predicted molar refractivity (Wildman–Crippen MR) is 114 cm³/mol. The first-order chi connectivity index (χ1) is 14.0. The van der Waals surface area contributed by atoms with Crippen LogP contribution in [-0.4, -0.2) is 23.8 Å². The third-order valence-electron chi connectivity index (χ3n) is 4.69. The summed E-state index contributed by atoms with van der Waals surface area (Å²) in [6.45, 7) is 1.43. The van der Waals surface area contributed by atoms with Gasteiger partial charge >= 0.3 is 0 Å². The summed E-state index contributed by atoms with van der Waals surface area (Å²) in [7, 11) is 0. The van der Waals surface area contributed by atoms with Crippen LogP contribution < -0.4 is 21.3 Å². The van der Waals surface area contributed by atoms with Crippen molar-refractivity contribution in [1.29, 1.82) is 0 Å². The molecule has 3 aromatic carbocycles. The van der Waals surface area contributed by atoms with E-state index >= 15 is 0 Å². The van der Waals surface area contributed by atoms with Crippen molar-refractivity contribution >= 4 is 51.2 Å². The molecule has 4 rings (SSSR count). The fraction of sp³-hybridized carbons (Fsp3) is 0.136. The molecule has 0 bridgehead atoms. The topological polar surface area (TPSA) is 99.3 Å². The summed E-state index contributed by atoms with van der Waals surface area (Å²) >= 11 is 0. The second kappa shape index (κ2) is 7.63. The van der Waals surface area contributed by atoms with Gasteiger partial charge in [-0.1, -0.05) is 24.3 Å². The quantitative estimate of drug-likeness (QED) is 0.549. The minimum absolute atomic E-state index is 0.0241. The number of hydrogen-bond acceptors (Lipinski definition) is 4. The summed E-state index contributed by atoms with van der Waals surface area (Å²) in [6, 6.07) is 17.6. The lowest BCUT2D eigenvalue weighted by Crippen LogP contribution is -2.36. The molecule has 0 unspecified atom stereocenters. The van der Waals surface area contributed by atoms with Crippen molar-refractivity contribution in [3.63, 3.8) is 0 Å². The van der Waals surface area contributed by atoms with Gasteiger partial charge in [0, 0.05) is 29.4 Å². The number of rotatable bonds is 4. The van der Waals surface area contributed by atoms with E-state index in [0.29, 0.717) is 11.4 Å². The molecule has 29 heavy (non-hydrogen) atoms. The summed E-state index contributed by atoms with van der Waals surface area (Å²) in [5.41, 5.74) is 2.77. The molecule has 0 spiro atoms. The Labute approximate surface area is 167 Å².